The molecule has 3 heteroatoms. The summed E-state index contributed by atoms with van der Waals surface area (Å²) in [5, 5.41) is 0. The summed E-state index contributed by atoms with van der Waals surface area (Å²) in [7, 11) is 0. The Balaban J connectivity index is 1.28. The second-order valence-electron chi connectivity index (χ2n) is 9.11. The molecule has 2 aromatic rings. The number of nitrogens with zero attached hydrogens (tertiary/aromatic N) is 3. The Labute approximate surface area is 163 Å². The Bertz CT molecular complexity index is 733. The maximum Gasteiger partial charge on any atom is 0.0312 e. The average Bonchev–Trinajstić information content (AvgIpc) is 3.57. The topological polar surface area (TPSA) is 19.4 Å². The van der Waals surface area contributed by atoms with Crippen LogP contribution in [0.4, 0.5) is 0 Å². The molecule has 1 atom stereocenters. The Hall–Kier alpha value is -1.71. The van der Waals surface area contributed by atoms with Gasteiger partial charge in [0.05, 0.1) is 0 Å². The highest BCUT2D eigenvalue weighted by molar-refractivity contribution is 5.22. The standard InChI is InChI=1S/C24H31N3/c1-2-6-21(7-3-1)22-15-24(19-27(18-22)23-8-9-23)10-13-26(14-11-24)17-20-5-4-12-25-16-20/h1-7,12,16,22-23H,8-11,13-15,17-19H2/t22-/m0/s1. The Morgan fingerprint density at radius 1 is 1.00 bits per heavy atom. The zero-order valence-corrected chi connectivity index (χ0v) is 16.3. The molecule has 2 aliphatic heterocycles. The van der Waals surface area contributed by atoms with Gasteiger partial charge in [-0.25, -0.2) is 0 Å². The van der Waals surface area contributed by atoms with Crippen molar-refractivity contribution in [3.05, 3.63) is 66.0 Å². The Morgan fingerprint density at radius 2 is 1.81 bits per heavy atom. The van der Waals surface area contributed by atoms with Crippen LogP contribution >= 0.6 is 0 Å². The molecule has 0 bridgehead atoms. The predicted molar refractivity (Wildman–Crippen MR) is 110 cm³/mol. The van der Waals surface area contributed by atoms with Crippen molar-refractivity contribution in [2.45, 2.75) is 50.6 Å². The molecule has 0 radical (unpaired) electrons. The van der Waals surface area contributed by atoms with Crippen molar-refractivity contribution in [2.24, 2.45) is 5.41 Å². The highest BCUT2D eigenvalue weighted by Crippen LogP contribution is 2.47. The minimum absolute atomic E-state index is 0.521. The molecular formula is C24H31N3. The van der Waals surface area contributed by atoms with Gasteiger partial charge < -0.3 is 0 Å². The SMILES string of the molecule is c1ccc([C@@H]2CN(C3CC3)CC3(CCN(Cc4cccnc4)CC3)C2)cc1. The number of hydrogen-bond acceptors (Lipinski definition) is 3. The summed E-state index contributed by atoms with van der Waals surface area (Å²) in [6.45, 7) is 6.12. The van der Waals surface area contributed by atoms with Crippen LogP contribution in [-0.4, -0.2) is 47.0 Å². The van der Waals surface area contributed by atoms with E-state index in [1.165, 1.54) is 63.8 Å². The predicted octanol–water partition coefficient (Wildman–Crippen LogP) is 4.32. The van der Waals surface area contributed by atoms with Gasteiger partial charge in [0.2, 0.25) is 0 Å². The lowest BCUT2D eigenvalue weighted by Gasteiger charge is -2.50. The van der Waals surface area contributed by atoms with Gasteiger partial charge in [0, 0.05) is 38.1 Å². The maximum atomic E-state index is 4.28. The number of pyridine rings is 1. The van der Waals surface area contributed by atoms with E-state index in [2.05, 4.69) is 57.2 Å². The smallest absolute Gasteiger partial charge is 0.0312 e. The number of rotatable bonds is 4. The van der Waals surface area contributed by atoms with Gasteiger partial charge in [-0.3, -0.25) is 14.8 Å². The van der Waals surface area contributed by atoms with E-state index in [9.17, 15) is 0 Å². The summed E-state index contributed by atoms with van der Waals surface area (Å²) >= 11 is 0. The van der Waals surface area contributed by atoms with Gasteiger partial charge in [0.1, 0.15) is 0 Å². The van der Waals surface area contributed by atoms with Crippen LogP contribution in [0.2, 0.25) is 0 Å². The van der Waals surface area contributed by atoms with Crippen LogP contribution in [-0.2, 0) is 6.54 Å². The quantitative estimate of drug-likeness (QED) is 0.809. The molecule has 3 aliphatic rings. The van der Waals surface area contributed by atoms with E-state index in [-0.39, 0.29) is 0 Å². The van der Waals surface area contributed by atoms with Crippen molar-refractivity contribution >= 4 is 0 Å². The molecule has 1 spiro atoms. The van der Waals surface area contributed by atoms with Gasteiger partial charge in [0.25, 0.3) is 0 Å². The second kappa shape index (κ2) is 7.37. The van der Waals surface area contributed by atoms with E-state index in [1.807, 2.05) is 12.4 Å². The second-order valence-corrected chi connectivity index (χ2v) is 9.11. The summed E-state index contributed by atoms with van der Waals surface area (Å²) in [6, 6.07) is 16.4. The van der Waals surface area contributed by atoms with Gasteiger partial charge in [-0.2, -0.15) is 0 Å². The van der Waals surface area contributed by atoms with Crippen LogP contribution in [0.25, 0.3) is 0 Å². The van der Waals surface area contributed by atoms with Crippen LogP contribution < -0.4 is 0 Å². The fourth-order valence-electron chi connectivity index (χ4n) is 5.39. The largest absolute Gasteiger partial charge is 0.299 e. The summed E-state index contributed by atoms with van der Waals surface area (Å²) in [5.74, 6) is 0.713. The van der Waals surface area contributed by atoms with Gasteiger partial charge in [0.15, 0.2) is 0 Å². The molecule has 0 N–H and O–H groups in total. The fraction of sp³-hybridized carbons (Fsp3) is 0.542. The van der Waals surface area contributed by atoms with Crippen molar-refractivity contribution in [3.8, 4) is 0 Å². The summed E-state index contributed by atoms with van der Waals surface area (Å²) < 4.78 is 0. The molecule has 3 heterocycles. The average molecular weight is 362 g/mol. The molecule has 2 saturated heterocycles. The number of piperidine rings is 2. The molecule has 27 heavy (non-hydrogen) atoms. The van der Waals surface area contributed by atoms with Gasteiger partial charge in [-0.1, -0.05) is 36.4 Å². The third kappa shape index (κ3) is 3.95. The third-order valence-electron chi connectivity index (χ3n) is 7.05. The van der Waals surface area contributed by atoms with E-state index >= 15 is 0 Å². The molecule has 3 nitrogen and oxygen atoms in total. The maximum absolute atomic E-state index is 4.28. The number of benzene rings is 1. The van der Waals surface area contributed by atoms with Crippen LogP contribution in [0.1, 0.15) is 49.1 Å². The summed E-state index contributed by atoms with van der Waals surface area (Å²) in [6.07, 6.45) is 10.8. The summed E-state index contributed by atoms with van der Waals surface area (Å²) in [5.41, 5.74) is 3.42. The van der Waals surface area contributed by atoms with Crippen LogP contribution in [0, 0.1) is 5.41 Å². The van der Waals surface area contributed by atoms with E-state index in [1.54, 1.807) is 5.56 Å². The van der Waals surface area contributed by atoms with Crippen molar-refractivity contribution in [1.82, 2.24) is 14.8 Å². The lowest BCUT2D eigenvalue weighted by molar-refractivity contribution is 0.00829. The van der Waals surface area contributed by atoms with Crippen molar-refractivity contribution in [2.75, 3.05) is 26.2 Å². The molecule has 5 rings (SSSR count). The van der Waals surface area contributed by atoms with E-state index < -0.39 is 0 Å². The molecular weight excluding hydrogens is 330 g/mol. The zero-order valence-electron chi connectivity index (χ0n) is 16.3. The zero-order chi connectivity index (χ0) is 18.1. The fourth-order valence-corrected chi connectivity index (χ4v) is 5.39. The Morgan fingerprint density at radius 3 is 2.52 bits per heavy atom. The molecule has 0 amide bonds. The first-order valence-electron chi connectivity index (χ1n) is 10.7. The summed E-state index contributed by atoms with van der Waals surface area (Å²) in [4.78, 5) is 9.76. The number of hydrogen-bond donors (Lipinski definition) is 0. The minimum atomic E-state index is 0.521. The van der Waals surface area contributed by atoms with Crippen molar-refractivity contribution < 1.29 is 0 Å². The first-order chi connectivity index (χ1) is 13.3. The van der Waals surface area contributed by atoms with E-state index in [0.29, 0.717) is 11.3 Å². The van der Waals surface area contributed by atoms with Gasteiger partial charge in [-0.05, 0) is 73.7 Å². The van der Waals surface area contributed by atoms with E-state index in [0.717, 1.165) is 12.6 Å². The Kier molecular flexibility index (Phi) is 4.75. The first kappa shape index (κ1) is 17.4. The molecule has 1 aliphatic carbocycles. The highest BCUT2D eigenvalue weighted by atomic mass is 15.2. The lowest BCUT2D eigenvalue weighted by atomic mass is 9.68. The molecule has 142 valence electrons. The monoisotopic (exact) mass is 361 g/mol. The molecule has 1 aromatic carbocycles. The van der Waals surface area contributed by atoms with Crippen molar-refractivity contribution in [3.63, 3.8) is 0 Å². The van der Waals surface area contributed by atoms with Gasteiger partial charge >= 0.3 is 0 Å². The minimum Gasteiger partial charge on any atom is -0.299 e. The molecule has 1 saturated carbocycles. The van der Waals surface area contributed by atoms with E-state index in [4.69, 9.17) is 0 Å². The van der Waals surface area contributed by atoms with Gasteiger partial charge in [-0.15, -0.1) is 0 Å². The van der Waals surface area contributed by atoms with Crippen LogP contribution in [0.3, 0.4) is 0 Å². The van der Waals surface area contributed by atoms with Crippen molar-refractivity contribution in [1.29, 1.82) is 0 Å². The molecule has 0 unspecified atom stereocenters. The lowest BCUT2D eigenvalue weighted by Crippen LogP contribution is -2.52. The number of aromatic nitrogens is 1. The first-order valence-corrected chi connectivity index (χ1v) is 10.7. The highest BCUT2D eigenvalue weighted by Gasteiger charge is 2.45. The third-order valence-corrected chi connectivity index (χ3v) is 7.05. The molecule has 3 fully saturated rings. The molecule has 1 aromatic heterocycles. The normalized spacial score (nSPS) is 26.3. The van der Waals surface area contributed by atoms with Crippen LogP contribution in [0.5, 0.6) is 0 Å². The van der Waals surface area contributed by atoms with Crippen LogP contribution in [0.15, 0.2) is 54.9 Å². The number of likely N-dealkylation sites (tertiary alicyclic amines) is 2.